The van der Waals surface area contributed by atoms with Gasteiger partial charge in [0.05, 0.1) is 5.69 Å². The fourth-order valence-corrected chi connectivity index (χ4v) is 1.67. The summed E-state index contributed by atoms with van der Waals surface area (Å²) in [5.74, 6) is -0.586. The minimum atomic E-state index is -0.996. The van der Waals surface area contributed by atoms with Gasteiger partial charge in [-0.1, -0.05) is 0 Å². The van der Waals surface area contributed by atoms with Gasteiger partial charge in [0.25, 0.3) is 0 Å². The Labute approximate surface area is 97.9 Å². The fraction of sp³-hybridized carbons (Fsp3) is 0.273. The van der Waals surface area contributed by atoms with Gasteiger partial charge in [0.1, 0.15) is 0 Å². The topological polar surface area (TPSA) is 81.9 Å². The number of hydrogen-bond acceptors (Lipinski definition) is 4. The molecule has 1 aromatic rings. The maximum Gasteiger partial charge on any atom is 0.315 e. The maximum absolute atomic E-state index is 11.5. The molecule has 0 bridgehead atoms. The number of anilines is 1. The molecule has 1 aliphatic heterocycles. The number of rotatable bonds is 1. The number of fused-ring (bicyclic) bond motifs is 1. The summed E-state index contributed by atoms with van der Waals surface area (Å²) in [4.78, 5) is 23.5. The zero-order valence-electron chi connectivity index (χ0n) is 9.52. The van der Waals surface area contributed by atoms with Gasteiger partial charge >= 0.3 is 11.8 Å². The standard InChI is InChI=1S/C11H12N2O4/c1-6-3-8-9(17-5-16-8)4-7(6)13(2)11(15)10(12)14/h3-4H,5H2,1-2H3,(H2,12,14). The lowest BCUT2D eigenvalue weighted by molar-refractivity contribution is -0.135. The van der Waals surface area contributed by atoms with Crippen LogP contribution in [0.15, 0.2) is 12.1 Å². The Hall–Kier alpha value is -2.24. The van der Waals surface area contributed by atoms with Gasteiger partial charge < -0.3 is 20.1 Å². The second-order valence-corrected chi connectivity index (χ2v) is 3.72. The fourth-order valence-electron chi connectivity index (χ4n) is 1.67. The molecule has 17 heavy (non-hydrogen) atoms. The van der Waals surface area contributed by atoms with E-state index in [1.807, 2.05) is 6.92 Å². The molecule has 2 rings (SSSR count). The average molecular weight is 236 g/mol. The molecule has 0 saturated carbocycles. The van der Waals surface area contributed by atoms with Crippen LogP contribution in [0, 0.1) is 6.92 Å². The molecule has 0 radical (unpaired) electrons. The van der Waals surface area contributed by atoms with Crippen molar-refractivity contribution in [3.05, 3.63) is 17.7 Å². The Morgan fingerprint density at radius 3 is 2.47 bits per heavy atom. The van der Waals surface area contributed by atoms with E-state index < -0.39 is 11.8 Å². The summed E-state index contributed by atoms with van der Waals surface area (Å²) in [6.07, 6.45) is 0. The number of nitrogens with zero attached hydrogens (tertiary/aromatic N) is 1. The first kappa shape index (κ1) is 11.3. The summed E-state index contributed by atoms with van der Waals surface area (Å²) < 4.78 is 10.4. The Bertz CT molecular complexity index is 498. The number of carbonyl (C=O) groups is 2. The Morgan fingerprint density at radius 2 is 1.88 bits per heavy atom. The number of primary amides is 1. The average Bonchev–Trinajstić information content (AvgIpc) is 2.72. The lowest BCUT2D eigenvalue weighted by Gasteiger charge is -2.18. The molecule has 0 atom stereocenters. The van der Waals surface area contributed by atoms with E-state index in [4.69, 9.17) is 15.2 Å². The SMILES string of the molecule is Cc1cc2c(cc1N(C)C(=O)C(N)=O)OCO2. The van der Waals surface area contributed by atoms with E-state index in [0.717, 1.165) is 5.56 Å². The summed E-state index contributed by atoms with van der Waals surface area (Å²) in [7, 11) is 1.48. The first-order valence-corrected chi connectivity index (χ1v) is 4.98. The van der Waals surface area contributed by atoms with Crippen molar-refractivity contribution < 1.29 is 19.1 Å². The van der Waals surface area contributed by atoms with Crippen molar-refractivity contribution in [1.82, 2.24) is 0 Å². The highest BCUT2D eigenvalue weighted by Crippen LogP contribution is 2.37. The van der Waals surface area contributed by atoms with E-state index in [1.165, 1.54) is 11.9 Å². The molecule has 0 unspecified atom stereocenters. The summed E-state index contributed by atoms with van der Waals surface area (Å²) in [6.45, 7) is 1.97. The molecule has 90 valence electrons. The number of ether oxygens (including phenoxy) is 2. The predicted molar refractivity (Wildman–Crippen MR) is 59.9 cm³/mol. The summed E-state index contributed by atoms with van der Waals surface area (Å²) in [5.41, 5.74) is 6.32. The lowest BCUT2D eigenvalue weighted by atomic mass is 10.1. The van der Waals surface area contributed by atoms with E-state index in [2.05, 4.69) is 0 Å². The highest BCUT2D eigenvalue weighted by Gasteiger charge is 2.22. The van der Waals surface area contributed by atoms with Crippen LogP contribution in [0.3, 0.4) is 0 Å². The maximum atomic E-state index is 11.5. The number of aryl methyl sites for hydroxylation is 1. The van der Waals surface area contributed by atoms with Crippen molar-refractivity contribution in [3.63, 3.8) is 0 Å². The van der Waals surface area contributed by atoms with Gasteiger partial charge in [0.2, 0.25) is 6.79 Å². The van der Waals surface area contributed by atoms with Gasteiger partial charge in [-0.15, -0.1) is 0 Å². The van der Waals surface area contributed by atoms with E-state index in [-0.39, 0.29) is 6.79 Å². The second kappa shape index (κ2) is 3.97. The third kappa shape index (κ3) is 1.89. The van der Waals surface area contributed by atoms with Gasteiger partial charge in [0.15, 0.2) is 11.5 Å². The minimum Gasteiger partial charge on any atom is -0.454 e. The van der Waals surface area contributed by atoms with Gasteiger partial charge in [-0.25, -0.2) is 0 Å². The first-order valence-electron chi connectivity index (χ1n) is 4.98. The van der Waals surface area contributed by atoms with Crippen molar-refractivity contribution >= 4 is 17.5 Å². The zero-order valence-corrected chi connectivity index (χ0v) is 9.52. The van der Waals surface area contributed by atoms with Crippen LogP contribution in [0.5, 0.6) is 11.5 Å². The highest BCUT2D eigenvalue weighted by atomic mass is 16.7. The van der Waals surface area contributed by atoms with Gasteiger partial charge in [-0.05, 0) is 18.6 Å². The Kier molecular flexibility index (Phi) is 2.63. The molecule has 1 aromatic carbocycles. The molecule has 6 nitrogen and oxygen atoms in total. The smallest absolute Gasteiger partial charge is 0.315 e. The number of likely N-dealkylation sites (N-methyl/N-ethyl adjacent to an activating group) is 1. The van der Waals surface area contributed by atoms with Gasteiger partial charge in [-0.3, -0.25) is 9.59 Å². The van der Waals surface area contributed by atoms with Crippen LogP contribution in [-0.4, -0.2) is 25.7 Å². The predicted octanol–water partition coefficient (Wildman–Crippen LogP) is 0.172. The molecule has 2 N–H and O–H groups in total. The molecule has 1 heterocycles. The molecular formula is C11H12N2O4. The van der Waals surface area contributed by atoms with E-state index in [9.17, 15) is 9.59 Å². The zero-order chi connectivity index (χ0) is 12.6. The van der Waals surface area contributed by atoms with Crippen LogP contribution in [-0.2, 0) is 9.59 Å². The second-order valence-electron chi connectivity index (χ2n) is 3.72. The summed E-state index contributed by atoms with van der Waals surface area (Å²) >= 11 is 0. The summed E-state index contributed by atoms with van der Waals surface area (Å²) in [5, 5.41) is 0. The normalized spacial score (nSPS) is 12.4. The van der Waals surface area contributed by atoms with Crippen molar-refractivity contribution in [2.75, 3.05) is 18.7 Å². The quantitative estimate of drug-likeness (QED) is 0.705. The Balaban J connectivity index is 2.39. The summed E-state index contributed by atoms with van der Waals surface area (Å²) in [6, 6.07) is 3.40. The number of carbonyl (C=O) groups excluding carboxylic acids is 2. The highest BCUT2D eigenvalue weighted by molar-refractivity contribution is 6.39. The molecule has 0 fully saturated rings. The monoisotopic (exact) mass is 236 g/mol. The van der Waals surface area contributed by atoms with Crippen molar-refractivity contribution in [3.8, 4) is 11.5 Å². The minimum absolute atomic E-state index is 0.158. The van der Waals surface area contributed by atoms with Crippen LogP contribution >= 0.6 is 0 Å². The molecule has 0 aromatic heterocycles. The third-order valence-electron chi connectivity index (χ3n) is 2.57. The van der Waals surface area contributed by atoms with Crippen molar-refractivity contribution in [2.45, 2.75) is 6.92 Å². The molecule has 2 amide bonds. The molecule has 0 saturated heterocycles. The number of nitrogens with two attached hydrogens (primary N) is 1. The largest absolute Gasteiger partial charge is 0.454 e. The molecule has 0 aliphatic carbocycles. The van der Waals surface area contributed by atoms with Gasteiger partial charge in [0, 0.05) is 13.1 Å². The van der Waals surface area contributed by atoms with Crippen LogP contribution in [0.4, 0.5) is 5.69 Å². The van der Waals surface area contributed by atoms with E-state index >= 15 is 0 Å². The molecule has 0 spiro atoms. The lowest BCUT2D eigenvalue weighted by Crippen LogP contribution is -2.38. The van der Waals surface area contributed by atoms with Crippen LogP contribution in [0.25, 0.3) is 0 Å². The first-order chi connectivity index (χ1) is 8.00. The number of benzene rings is 1. The third-order valence-corrected chi connectivity index (χ3v) is 2.57. The van der Waals surface area contributed by atoms with Gasteiger partial charge in [-0.2, -0.15) is 0 Å². The molecule has 6 heteroatoms. The van der Waals surface area contributed by atoms with Crippen LogP contribution in [0.2, 0.25) is 0 Å². The molecule has 1 aliphatic rings. The number of hydrogen-bond donors (Lipinski definition) is 1. The van der Waals surface area contributed by atoms with E-state index in [0.29, 0.717) is 17.2 Å². The van der Waals surface area contributed by atoms with Crippen molar-refractivity contribution in [1.29, 1.82) is 0 Å². The molecular weight excluding hydrogens is 224 g/mol. The van der Waals surface area contributed by atoms with E-state index in [1.54, 1.807) is 12.1 Å². The van der Waals surface area contributed by atoms with Crippen LogP contribution in [0.1, 0.15) is 5.56 Å². The number of amides is 2. The Morgan fingerprint density at radius 1 is 1.29 bits per heavy atom. The van der Waals surface area contributed by atoms with Crippen LogP contribution < -0.4 is 20.1 Å². The van der Waals surface area contributed by atoms with Crippen molar-refractivity contribution in [2.24, 2.45) is 5.73 Å².